The van der Waals surface area contributed by atoms with Crippen LogP contribution in [-0.4, -0.2) is 44.8 Å². The van der Waals surface area contributed by atoms with Crippen molar-refractivity contribution < 1.29 is 14.3 Å². The molecule has 0 spiro atoms. The first kappa shape index (κ1) is 20.6. The van der Waals surface area contributed by atoms with Crippen LogP contribution in [0.5, 0.6) is 11.5 Å². The molecule has 0 radical (unpaired) electrons. The van der Waals surface area contributed by atoms with E-state index in [4.69, 9.17) is 9.47 Å². The van der Waals surface area contributed by atoms with Gasteiger partial charge < -0.3 is 20.1 Å². The first-order valence-electron chi connectivity index (χ1n) is 9.18. The lowest BCUT2D eigenvalue weighted by molar-refractivity contribution is 0.209. The molecule has 0 aliphatic rings. The first-order valence-corrected chi connectivity index (χ1v) is 9.18. The minimum atomic E-state index is -0.247. The topological polar surface area (TPSA) is 62.8 Å². The molecule has 6 nitrogen and oxygen atoms in total. The average molecular weight is 371 g/mol. The quantitative estimate of drug-likeness (QED) is 0.702. The normalized spacial score (nSPS) is 11.7. The highest BCUT2D eigenvalue weighted by molar-refractivity contribution is 5.89. The number of ether oxygens (including phenoxy) is 2. The van der Waals surface area contributed by atoms with Crippen LogP contribution in [0, 0.1) is 0 Å². The highest BCUT2D eigenvalue weighted by Crippen LogP contribution is 2.24. The Kier molecular flexibility index (Phi) is 7.95. The van der Waals surface area contributed by atoms with E-state index in [1.807, 2.05) is 36.4 Å². The fourth-order valence-electron chi connectivity index (χ4n) is 3.04. The molecular weight excluding hydrogens is 342 g/mol. The molecule has 0 heterocycles. The van der Waals surface area contributed by atoms with E-state index in [0.29, 0.717) is 18.0 Å². The molecule has 0 aliphatic heterocycles. The van der Waals surface area contributed by atoms with Gasteiger partial charge in [-0.1, -0.05) is 32.0 Å². The second-order valence-corrected chi connectivity index (χ2v) is 6.08. The number of urea groups is 1. The summed E-state index contributed by atoms with van der Waals surface area (Å²) in [5.41, 5.74) is 1.80. The Hall–Kier alpha value is -2.73. The monoisotopic (exact) mass is 371 g/mol. The van der Waals surface area contributed by atoms with Gasteiger partial charge in [-0.05, 0) is 42.9 Å². The maximum atomic E-state index is 12.4. The van der Waals surface area contributed by atoms with Crippen LogP contribution in [-0.2, 0) is 0 Å². The van der Waals surface area contributed by atoms with Crippen molar-refractivity contribution in [3.8, 4) is 11.5 Å². The molecule has 0 bridgehead atoms. The summed E-state index contributed by atoms with van der Waals surface area (Å²) in [4.78, 5) is 14.7. The molecule has 1 unspecified atom stereocenters. The summed E-state index contributed by atoms with van der Waals surface area (Å²) in [6.07, 6.45) is 0. The maximum absolute atomic E-state index is 12.4. The molecule has 2 N–H and O–H groups in total. The molecule has 0 aliphatic carbocycles. The van der Waals surface area contributed by atoms with Crippen LogP contribution in [0.15, 0.2) is 48.5 Å². The number of amides is 2. The second-order valence-electron chi connectivity index (χ2n) is 6.08. The van der Waals surface area contributed by atoms with Gasteiger partial charge in [0, 0.05) is 18.3 Å². The average Bonchev–Trinajstić information content (AvgIpc) is 2.71. The number of carbonyl (C=O) groups is 1. The largest absolute Gasteiger partial charge is 0.497 e. The molecule has 2 amide bonds. The molecule has 2 aromatic rings. The minimum absolute atomic E-state index is 0.0613. The van der Waals surface area contributed by atoms with Crippen molar-refractivity contribution in [2.45, 2.75) is 19.9 Å². The molecule has 27 heavy (non-hydrogen) atoms. The number of likely N-dealkylation sites (N-methyl/N-ethyl adjacent to an activating group) is 1. The summed E-state index contributed by atoms with van der Waals surface area (Å²) >= 11 is 0. The lowest BCUT2D eigenvalue weighted by Gasteiger charge is -2.30. The van der Waals surface area contributed by atoms with E-state index in [0.717, 1.165) is 24.4 Å². The van der Waals surface area contributed by atoms with Gasteiger partial charge in [0.1, 0.15) is 11.5 Å². The van der Waals surface area contributed by atoms with Crippen LogP contribution in [0.1, 0.15) is 25.5 Å². The summed E-state index contributed by atoms with van der Waals surface area (Å²) in [5.74, 6) is 1.51. The second kappa shape index (κ2) is 10.4. The van der Waals surface area contributed by atoms with Gasteiger partial charge in [-0.25, -0.2) is 4.79 Å². The predicted molar refractivity (Wildman–Crippen MR) is 109 cm³/mol. The third-order valence-electron chi connectivity index (χ3n) is 4.52. The van der Waals surface area contributed by atoms with Crippen molar-refractivity contribution in [2.75, 3.05) is 39.2 Å². The van der Waals surface area contributed by atoms with Crippen LogP contribution < -0.4 is 20.1 Å². The third kappa shape index (κ3) is 5.89. The van der Waals surface area contributed by atoms with E-state index in [9.17, 15) is 4.79 Å². The van der Waals surface area contributed by atoms with Gasteiger partial charge in [-0.2, -0.15) is 0 Å². The van der Waals surface area contributed by atoms with Crippen molar-refractivity contribution in [1.82, 2.24) is 10.2 Å². The highest BCUT2D eigenvalue weighted by atomic mass is 16.5. The third-order valence-corrected chi connectivity index (χ3v) is 4.52. The van der Waals surface area contributed by atoms with Gasteiger partial charge >= 0.3 is 6.03 Å². The van der Waals surface area contributed by atoms with Crippen molar-refractivity contribution in [3.63, 3.8) is 0 Å². The first-order chi connectivity index (χ1) is 13.1. The summed E-state index contributed by atoms with van der Waals surface area (Å²) in [5, 5.41) is 5.83. The molecule has 0 aromatic heterocycles. The molecular formula is C21H29N3O3. The summed E-state index contributed by atoms with van der Waals surface area (Å²) in [6, 6.07) is 15.1. The van der Waals surface area contributed by atoms with E-state index in [2.05, 4.69) is 35.4 Å². The van der Waals surface area contributed by atoms with Crippen molar-refractivity contribution in [1.29, 1.82) is 0 Å². The molecule has 146 valence electrons. The van der Waals surface area contributed by atoms with E-state index in [1.165, 1.54) is 0 Å². The number of nitrogens with one attached hydrogen (secondary N) is 2. The van der Waals surface area contributed by atoms with E-state index in [-0.39, 0.29) is 12.1 Å². The Morgan fingerprint density at radius 3 is 2.26 bits per heavy atom. The number of hydrogen-bond donors (Lipinski definition) is 2. The van der Waals surface area contributed by atoms with Crippen molar-refractivity contribution in [2.24, 2.45) is 0 Å². The zero-order chi connectivity index (χ0) is 19.6. The molecule has 0 fully saturated rings. The number of carbonyl (C=O) groups excluding carboxylic acids is 1. The van der Waals surface area contributed by atoms with Crippen LogP contribution in [0.3, 0.4) is 0 Å². The maximum Gasteiger partial charge on any atom is 0.319 e. The van der Waals surface area contributed by atoms with E-state index < -0.39 is 0 Å². The van der Waals surface area contributed by atoms with E-state index in [1.54, 1.807) is 20.3 Å². The zero-order valence-corrected chi connectivity index (χ0v) is 16.5. The van der Waals surface area contributed by atoms with Gasteiger partial charge in [-0.15, -0.1) is 0 Å². The van der Waals surface area contributed by atoms with Gasteiger partial charge in [0.05, 0.1) is 20.3 Å². The number of benzene rings is 2. The summed E-state index contributed by atoms with van der Waals surface area (Å²) < 4.78 is 10.5. The van der Waals surface area contributed by atoms with Crippen LogP contribution >= 0.6 is 0 Å². The van der Waals surface area contributed by atoms with Gasteiger partial charge in [0.2, 0.25) is 0 Å². The Bertz CT molecular complexity index is 732. The minimum Gasteiger partial charge on any atom is -0.497 e. The Balaban J connectivity index is 2.07. The Morgan fingerprint density at radius 1 is 1.00 bits per heavy atom. The number of methoxy groups -OCH3 is 2. The van der Waals surface area contributed by atoms with Crippen molar-refractivity contribution in [3.05, 3.63) is 54.1 Å². The molecule has 0 saturated carbocycles. The van der Waals surface area contributed by atoms with Crippen molar-refractivity contribution >= 4 is 11.7 Å². The SMILES string of the molecule is CCN(CC)C(CNC(=O)Nc1cccc(OC)c1)c1cccc(OC)c1. The molecule has 2 aromatic carbocycles. The van der Waals surface area contributed by atoms with Gasteiger partial charge in [0.15, 0.2) is 0 Å². The molecule has 1 atom stereocenters. The number of anilines is 1. The number of rotatable bonds is 9. The lowest BCUT2D eigenvalue weighted by atomic mass is 10.0. The molecule has 0 saturated heterocycles. The van der Waals surface area contributed by atoms with Crippen LogP contribution in [0.25, 0.3) is 0 Å². The highest BCUT2D eigenvalue weighted by Gasteiger charge is 2.19. The van der Waals surface area contributed by atoms with E-state index >= 15 is 0 Å². The zero-order valence-electron chi connectivity index (χ0n) is 16.5. The van der Waals surface area contributed by atoms with Gasteiger partial charge in [0.25, 0.3) is 0 Å². The summed E-state index contributed by atoms with van der Waals surface area (Å²) in [7, 11) is 3.26. The van der Waals surface area contributed by atoms with Crippen LogP contribution in [0.2, 0.25) is 0 Å². The standard InChI is InChI=1S/C21H29N3O3/c1-5-24(6-2)20(16-9-7-11-18(13-16)26-3)15-22-21(25)23-17-10-8-12-19(14-17)27-4/h7-14,20H,5-6,15H2,1-4H3,(H2,22,23,25). The fraction of sp³-hybridized carbons (Fsp3) is 0.381. The number of nitrogens with zero attached hydrogens (tertiary/aromatic N) is 1. The predicted octanol–water partition coefficient (Wildman–Crippen LogP) is 3.91. The van der Waals surface area contributed by atoms with Crippen LogP contribution in [0.4, 0.5) is 10.5 Å². The van der Waals surface area contributed by atoms with Gasteiger partial charge in [-0.3, -0.25) is 4.90 Å². The lowest BCUT2D eigenvalue weighted by Crippen LogP contribution is -2.39. The molecule has 6 heteroatoms. The summed E-state index contributed by atoms with van der Waals surface area (Å²) in [6.45, 7) is 6.50. The Labute approximate surface area is 161 Å². The fourth-order valence-corrected chi connectivity index (χ4v) is 3.04. The number of hydrogen-bond acceptors (Lipinski definition) is 4. The molecule has 2 rings (SSSR count). The Morgan fingerprint density at radius 2 is 1.63 bits per heavy atom. The smallest absolute Gasteiger partial charge is 0.319 e.